The van der Waals surface area contributed by atoms with Crippen molar-refractivity contribution in [3.05, 3.63) is 48.0 Å². The lowest BCUT2D eigenvalue weighted by Crippen LogP contribution is -1.86. The molecular weight excluding hydrogens is 176 g/mol. The van der Waals surface area contributed by atoms with Gasteiger partial charge in [-0.25, -0.2) is 0 Å². The maximum absolute atomic E-state index is 5.51. The molecule has 2 rings (SSSR count). The van der Waals surface area contributed by atoms with E-state index in [2.05, 4.69) is 18.2 Å². The van der Waals surface area contributed by atoms with Crippen molar-refractivity contribution in [1.82, 2.24) is 0 Å². The minimum Gasteiger partial charge on any atom is -0.381 e. The van der Waals surface area contributed by atoms with Crippen LogP contribution in [0, 0.1) is 0 Å². The summed E-state index contributed by atoms with van der Waals surface area (Å²) in [4.78, 5) is 0. The summed E-state index contributed by atoms with van der Waals surface area (Å²) in [5, 5.41) is 0. The van der Waals surface area contributed by atoms with Crippen molar-refractivity contribution >= 4 is 0 Å². The number of hydrogen-bond acceptors (Lipinski definition) is 2. The van der Waals surface area contributed by atoms with Crippen molar-refractivity contribution in [2.75, 3.05) is 13.7 Å². The van der Waals surface area contributed by atoms with Crippen LogP contribution in [0.25, 0.3) is 0 Å². The number of rotatable bonds is 4. The van der Waals surface area contributed by atoms with E-state index in [0.29, 0.717) is 6.61 Å². The Kier molecular flexibility index (Phi) is 2.96. The molecule has 0 amide bonds. The lowest BCUT2D eigenvalue weighted by molar-refractivity contribution is 0.233. The lowest BCUT2D eigenvalue weighted by Gasteiger charge is -1.92. The molecule has 2 unspecified atom stereocenters. The van der Waals surface area contributed by atoms with Gasteiger partial charge in [0.15, 0.2) is 0 Å². The van der Waals surface area contributed by atoms with Gasteiger partial charge in [0, 0.05) is 7.11 Å². The summed E-state index contributed by atoms with van der Waals surface area (Å²) in [6, 6.07) is 10.3. The van der Waals surface area contributed by atoms with Gasteiger partial charge in [0.2, 0.25) is 0 Å². The fourth-order valence-corrected chi connectivity index (χ4v) is 1.47. The summed E-state index contributed by atoms with van der Waals surface area (Å²) in [7, 11) is 1.69. The summed E-state index contributed by atoms with van der Waals surface area (Å²) in [6.07, 6.45) is 4.55. The molecule has 1 heterocycles. The Labute approximate surface area is 84.2 Å². The van der Waals surface area contributed by atoms with Gasteiger partial charge in [0.1, 0.15) is 12.2 Å². The van der Waals surface area contributed by atoms with E-state index in [-0.39, 0.29) is 12.2 Å². The zero-order chi connectivity index (χ0) is 9.80. The second kappa shape index (κ2) is 4.40. The van der Waals surface area contributed by atoms with Crippen molar-refractivity contribution in [2.24, 2.45) is 0 Å². The van der Waals surface area contributed by atoms with Crippen LogP contribution in [-0.4, -0.2) is 19.8 Å². The van der Waals surface area contributed by atoms with Crippen LogP contribution in [0.3, 0.4) is 0 Å². The summed E-state index contributed by atoms with van der Waals surface area (Å²) < 4.78 is 10.4. The molecule has 1 saturated heterocycles. The number of benzene rings is 1. The Morgan fingerprint density at radius 2 is 2.14 bits per heavy atom. The highest BCUT2D eigenvalue weighted by Gasteiger charge is 2.37. The van der Waals surface area contributed by atoms with Crippen molar-refractivity contribution in [2.45, 2.75) is 12.2 Å². The number of epoxide rings is 1. The molecule has 0 spiro atoms. The molecule has 0 radical (unpaired) electrons. The Morgan fingerprint density at radius 1 is 1.36 bits per heavy atom. The highest BCUT2D eigenvalue weighted by Crippen LogP contribution is 2.39. The molecule has 1 aliphatic rings. The van der Waals surface area contributed by atoms with Crippen molar-refractivity contribution in [1.29, 1.82) is 0 Å². The Morgan fingerprint density at radius 3 is 2.86 bits per heavy atom. The lowest BCUT2D eigenvalue weighted by atomic mass is 10.1. The predicted molar refractivity (Wildman–Crippen MR) is 55.1 cm³/mol. The Hall–Kier alpha value is -1.12. The number of ether oxygens (including phenoxy) is 2. The fourth-order valence-electron chi connectivity index (χ4n) is 1.47. The van der Waals surface area contributed by atoms with Crippen LogP contribution in [0.2, 0.25) is 0 Å². The second-order valence-corrected chi connectivity index (χ2v) is 3.32. The molecule has 74 valence electrons. The standard InChI is InChI=1S/C12H14O2/c1-13-9-5-8-11-12(14-11)10-6-3-2-4-7-10/h2-8,11-12H,9H2,1H3/b8-5+. The van der Waals surface area contributed by atoms with Crippen LogP contribution in [0.15, 0.2) is 42.5 Å². The third-order valence-corrected chi connectivity index (χ3v) is 2.24. The molecule has 1 aromatic rings. The third-order valence-electron chi connectivity index (χ3n) is 2.24. The monoisotopic (exact) mass is 190 g/mol. The predicted octanol–water partition coefficient (Wildman–Crippen LogP) is 2.33. The van der Waals surface area contributed by atoms with E-state index in [9.17, 15) is 0 Å². The van der Waals surface area contributed by atoms with E-state index >= 15 is 0 Å². The fraction of sp³-hybridized carbons (Fsp3) is 0.333. The van der Waals surface area contributed by atoms with Crippen LogP contribution in [0.5, 0.6) is 0 Å². The summed E-state index contributed by atoms with van der Waals surface area (Å²) in [6.45, 7) is 0.654. The molecular formula is C12H14O2. The first-order valence-electron chi connectivity index (χ1n) is 4.78. The van der Waals surface area contributed by atoms with Crippen LogP contribution in [-0.2, 0) is 9.47 Å². The molecule has 0 aromatic heterocycles. The van der Waals surface area contributed by atoms with Gasteiger partial charge < -0.3 is 9.47 Å². The molecule has 1 fully saturated rings. The van der Waals surface area contributed by atoms with Gasteiger partial charge in [-0.3, -0.25) is 0 Å². The van der Waals surface area contributed by atoms with Gasteiger partial charge in [-0.05, 0) is 5.56 Å². The molecule has 2 nitrogen and oxygen atoms in total. The largest absolute Gasteiger partial charge is 0.381 e. The average molecular weight is 190 g/mol. The average Bonchev–Trinajstić information content (AvgIpc) is 2.99. The first-order chi connectivity index (χ1) is 6.92. The van der Waals surface area contributed by atoms with E-state index in [1.807, 2.05) is 24.3 Å². The molecule has 2 heteroatoms. The molecule has 0 bridgehead atoms. The third kappa shape index (κ3) is 2.22. The Balaban J connectivity index is 1.87. The van der Waals surface area contributed by atoms with Gasteiger partial charge in [-0.2, -0.15) is 0 Å². The van der Waals surface area contributed by atoms with E-state index in [1.165, 1.54) is 5.56 Å². The SMILES string of the molecule is COC/C=C/C1OC1c1ccccc1. The van der Waals surface area contributed by atoms with Crippen LogP contribution >= 0.6 is 0 Å². The highest BCUT2D eigenvalue weighted by molar-refractivity contribution is 5.24. The zero-order valence-electron chi connectivity index (χ0n) is 8.22. The first-order valence-corrected chi connectivity index (χ1v) is 4.78. The zero-order valence-corrected chi connectivity index (χ0v) is 8.22. The second-order valence-electron chi connectivity index (χ2n) is 3.32. The summed E-state index contributed by atoms with van der Waals surface area (Å²) in [5.74, 6) is 0. The summed E-state index contributed by atoms with van der Waals surface area (Å²) >= 11 is 0. The van der Waals surface area contributed by atoms with Gasteiger partial charge in [0.05, 0.1) is 6.61 Å². The normalized spacial score (nSPS) is 25.5. The molecule has 0 aliphatic carbocycles. The maximum Gasteiger partial charge on any atom is 0.113 e. The van der Waals surface area contributed by atoms with Gasteiger partial charge in [-0.15, -0.1) is 0 Å². The maximum atomic E-state index is 5.51. The van der Waals surface area contributed by atoms with Crippen LogP contribution in [0.1, 0.15) is 11.7 Å². The molecule has 1 aliphatic heterocycles. The van der Waals surface area contributed by atoms with Gasteiger partial charge in [-0.1, -0.05) is 42.5 Å². The summed E-state index contributed by atoms with van der Waals surface area (Å²) in [5.41, 5.74) is 1.25. The topological polar surface area (TPSA) is 21.8 Å². The van der Waals surface area contributed by atoms with Crippen LogP contribution < -0.4 is 0 Å². The molecule has 2 atom stereocenters. The van der Waals surface area contributed by atoms with E-state index in [0.717, 1.165) is 0 Å². The number of methoxy groups -OCH3 is 1. The van der Waals surface area contributed by atoms with Crippen LogP contribution in [0.4, 0.5) is 0 Å². The Bertz CT molecular complexity index is 305. The van der Waals surface area contributed by atoms with Crippen molar-refractivity contribution in [3.8, 4) is 0 Å². The van der Waals surface area contributed by atoms with Gasteiger partial charge >= 0.3 is 0 Å². The minimum atomic E-state index is 0.243. The minimum absolute atomic E-state index is 0.243. The van der Waals surface area contributed by atoms with Crippen molar-refractivity contribution in [3.63, 3.8) is 0 Å². The number of hydrogen-bond donors (Lipinski definition) is 0. The van der Waals surface area contributed by atoms with E-state index in [4.69, 9.17) is 9.47 Å². The smallest absolute Gasteiger partial charge is 0.113 e. The molecule has 0 saturated carbocycles. The highest BCUT2D eigenvalue weighted by atomic mass is 16.6. The molecule has 0 N–H and O–H groups in total. The quantitative estimate of drug-likeness (QED) is 0.537. The van der Waals surface area contributed by atoms with Gasteiger partial charge in [0.25, 0.3) is 0 Å². The molecule has 14 heavy (non-hydrogen) atoms. The van der Waals surface area contributed by atoms with E-state index < -0.39 is 0 Å². The van der Waals surface area contributed by atoms with Crippen molar-refractivity contribution < 1.29 is 9.47 Å². The van der Waals surface area contributed by atoms with E-state index in [1.54, 1.807) is 7.11 Å². The molecule has 1 aromatic carbocycles. The first kappa shape index (κ1) is 9.44.